The number of amides is 2. The molecule has 2 aromatic rings. The Kier molecular flexibility index (Phi) is 4.90. The van der Waals surface area contributed by atoms with Gasteiger partial charge in [-0.2, -0.15) is 0 Å². The van der Waals surface area contributed by atoms with Gasteiger partial charge in [-0.3, -0.25) is 14.9 Å². The van der Waals surface area contributed by atoms with E-state index in [1.54, 1.807) is 6.92 Å². The number of thioether (sulfide) groups is 1. The number of rotatable bonds is 6. The smallest absolute Gasteiger partial charge is 0.286 e. The lowest BCUT2D eigenvalue weighted by molar-refractivity contribution is -0.121. The van der Waals surface area contributed by atoms with Gasteiger partial charge in [0.15, 0.2) is 0 Å². The summed E-state index contributed by atoms with van der Waals surface area (Å²) in [6.45, 7) is 2.22. The Bertz CT molecular complexity index is 805. The van der Waals surface area contributed by atoms with Crippen molar-refractivity contribution in [1.29, 1.82) is 5.41 Å². The quantitative estimate of drug-likeness (QED) is 0.695. The first-order valence-corrected chi connectivity index (χ1v) is 8.78. The van der Waals surface area contributed by atoms with Crippen molar-refractivity contribution < 1.29 is 9.59 Å². The average molecular weight is 353 g/mol. The number of carbonyl (C=O) groups is 2. The molecule has 2 aromatic carbocycles. The van der Waals surface area contributed by atoms with E-state index in [0.29, 0.717) is 18.7 Å². The van der Waals surface area contributed by atoms with Crippen LogP contribution in [-0.4, -0.2) is 28.1 Å². The average Bonchev–Trinajstić information content (AvgIpc) is 2.86. The van der Waals surface area contributed by atoms with Crippen LogP contribution in [0.5, 0.6) is 0 Å². The number of carbonyl (C=O) groups excluding carboxylic acids is 2. The molecule has 1 saturated heterocycles. The van der Waals surface area contributed by atoms with Gasteiger partial charge in [0.05, 0.1) is 12.3 Å². The number of imide groups is 1. The van der Waals surface area contributed by atoms with Crippen LogP contribution >= 0.6 is 11.8 Å². The first-order valence-electron chi connectivity index (χ1n) is 7.96. The van der Waals surface area contributed by atoms with Gasteiger partial charge >= 0.3 is 0 Å². The highest BCUT2D eigenvalue weighted by atomic mass is 32.2. The third-order valence-electron chi connectivity index (χ3n) is 4.10. The molecule has 6 heteroatoms. The molecule has 3 N–H and O–H groups in total. The van der Waals surface area contributed by atoms with E-state index in [9.17, 15) is 9.59 Å². The molecule has 1 atom stereocenters. The predicted molar refractivity (Wildman–Crippen MR) is 101 cm³/mol. The van der Waals surface area contributed by atoms with Crippen LogP contribution in [0.4, 0.5) is 10.5 Å². The Morgan fingerprint density at radius 3 is 2.40 bits per heavy atom. The molecule has 1 aliphatic heterocycles. The number of anilines is 1. The molecular weight excluding hydrogens is 334 g/mol. The van der Waals surface area contributed by atoms with E-state index in [1.165, 1.54) is 0 Å². The van der Waals surface area contributed by atoms with Gasteiger partial charge in [0, 0.05) is 5.69 Å². The van der Waals surface area contributed by atoms with Gasteiger partial charge in [-0.05, 0) is 48.4 Å². The largest absolute Gasteiger partial charge is 0.379 e. The van der Waals surface area contributed by atoms with Crippen molar-refractivity contribution in [3.63, 3.8) is 0 Å². The maximum atomic E-state index is 11.9. The minimum Gasteiger partial charge on any atom is -0.379 e. The fraction of sp³-hybridized carbons (Fsp3) is 0.211. The van der Waals surface area contributed by atoms with E-state index in [1.807, 2.05) is 54.6 Å². The Labute approximate surface area is 150 Å². The molecule has 0 spiro atoms. The SMILES string of the molecule is CC1(Cc2ccc(NCC(=N)c3ccccc3)cc2)SC(=O)NC1=O. The molecule has 2 amide bonds. The third-order valence-corrected chi connectivity index (χ3v) is 5.17. The van der Waals surface area contributed by atoms with Gasteiger partial charge in [-0.15, -0.1) is 0 Å². The minimum absolute atomic E-state index is 0.235. The van der Waals surface area contributed by atoms with Crippen molar-refractivity contribution in [2.75, 3.05) is 11.9 Å². The fourth-order valence-electron chi connectivity index (χ4n) is 2.68. The van der Waals surface area contributed by atoms with E-state index in [0.717, 1.165) is 28.6 Å². The van der Waals surface area contributed by atoms with Crippen LogP contribution in [0.25, 0.3) is 0 Å². The molecule has 3 rings (SSSR count). The molecule has 0 aromatic heterocycles. The van der Waals surface area contributed by atoms with Gasteiger partial charge in [0.1, 0.15) is 4.75 Å². The second kappa shape index (κ2) is 7.11. The van der Waals surface area contributed by atoms with Crippen molar-refractivity contribution in [3.8, 4) is 0 Å². The van der Waals surface area contributed by atoms with E-state index in [-0.39, 0.29) is 11.1 Å². The normalized spacial score (nSPS) is 19.6. The molecule has 5 nitrogen and oxygen atoms in total. The maximum Gasteiger partial charge on any atom is 0.286 e. The van der Waals surface area contributed by atoms with Crippen LogP contribution in [0.2, 0.25) is 0 Å². The minimum atomic E-state index is -0.749. The molecule has 0 bridgehead atoms. The summed E-state index contributed by atoms with van der Waals surface area (Å²) < 4.78 is -0.749. The Morgan fingerprint density at radius 2 is 1.80 bits per heavy atom. The highest BCUT2D eigenvalue weighted by molar-refractivity contribution is 8.16. The summed E-state index contributed by atoms with van der Waals surface area (Å²) in [5.41, 5.74) is 3.32. The van der Waals surface area contributed by atoms with Crippen molar-refractivity contribution in [2.24, 2.45) is 0 Å². The van der Waals surface area contributed by atoms with E-state index in [4.69, 9.17) is 5.41 Å². The fourth-order valence-corrected chi connectivity index (χ4v) is 3.62. The summed E-state index contributed by atoms with van der Waals surface area (Å²) in [5, 5.41) is 13.4. The molecule has 0 aliphatic carbocycles. The van der Waals surface area contributed by atoms with Crippen LogP contribution in [-0.2, 0) is 11.2 Å². The summed E-state index contributed by atoms with van der Waals surface area (Å²) in [6, 6.07) is 17.3. The number of hydrogen-bond acceptors (Lipinski definition) is 5. The van der Waals surface area contributed by atoms with Gasteiger partial charge in [-0.1, -0.05) is 42.5 Å². The molecule has 0 radical (unpaired) electrons. The lowest BCUT2D eigenvalue weighted by Crippen LogP contribution is -2.35. The maximum absolute atomic E-state index is 11.9. The van der Waals surface area contributed by atoms with Gasteiger partial charge < -0.3 is 10.7 Å². The Morgan fingerprint density at radius 1 is 1.12 bits per heavy atom. The zero-order chi connectivity index (χ0) is 17.9. The highest BCUT2D eigenvalue weighted by Gasteiger charge is 2.43. The number of benzene rings is 2. The summed E-state index contributed by atoms with van der Waals surface area (Å²) in [7, 11) is 0. The molecule has 1 unspecified atom stereocenters. The molecule has 1 heterocycles. The first kappa shape index (κ1) is 17.2. The van der Waals surface area contributed by atoms with Gasteiger partial charge in [-0.25, -0.2) is 0 Å². The molecule has 1 fully saturated rings. The zero-order valence-corrected chi connectivity index (χ0v) is 14.7. The van der Waals surface area contributed by atoms with Gasteiger partial charge in [0.2, 0.25) is 5.91 Å². The molecule has 128 valence electrons. The Balaban J connectivity index is 1.58. The van der Waals surface area contributed by atoms with Crippen LogP contribution in [0, 0.1) is 5.41 Å². The standard InChI is InChI=1S/C19H19N3O2S/c1-19(17(23)22-18(24)25-19)11-13-7-9-15(10-8-13)21-12-16(20)14-5-3-2-4-6-14/h2-10,20-21H,11-12H2,1H3,(H,22,23,24). The lowest BCUT2D eigenvalue weighted by Gasteiger charge is -2.18. The number of nitrogens with one attached hydrogen (secondary N) is 3. The van der Waals surface area contributed by atoms with E-state index >= 15 is 0 Å². The second-order valence-corrected chi connectivity index (χ2v) is 7.62. The predicted octanol–water partition coefficient (Wildman–Crippen LogP) is 3.45. The molecule has 0 saturated carbocycles. The zero-order valence-electron chi connectivity index (χ0n) is 13.8. The van der Waals surface area contributed by atoms with E-state index in [2.05, 4.69) is 10.6 Å². The van der Waals surface area contributed by atoms with Crippen LogP contribution in [0.3, 0.4) is 0 Å². The van der Waals surface area contributed by atoms with Crippen LogP contribution in [0.1, 0.15) is 18.1 Å². The van der Waals surface area contributed by atoms with Crippen LogP contribution < -0.4 is 10.6 Å². The van der Waals surface area contributed by atoms with Crippen molar-refractivity contribution in [2.45, 2.75) is 18.1 Å². The molecule has 1 aliphatic rings. The van der Waals surface area contributed by atoms with Gasteiger partial charge in [0.25, 0.3) is 5.24 Å². The summed E-state index contributed by atoms with van der Waals surface area (Å²) in [5.74, 6) is -0.235. The summed E-state index contributed by atoms with van der Waals surface area (Å²) in [6.07, 6.45) is 0.495. The number of hydrogen-bond donors (Lipinski definition) is 3. The Hall–Kier alpha value is -2.60. The van der Waals surface area contributed by atoms with Crippen LogP contribution in [0.15, 0.2) is 54.6 Å². The topological polar surface area (TPSA) is 82.1 Å². The molecule has 25 heavy (non-hydrogen) atoms. The van der Waals surface area contributed by atoms with E-state index < -0.39 is 4.75 Å². The highest BCUT2D eigenvalue weighted by Crippen LogP contribution is 2.34. The summed E-state index contributed by atoms with van der Waals surface area (Å²) >= 11 is 1.04. The molecular formula is C19H19N3O2S. The van der Waals surface area contributed by atoms with Crippen molar-refractivity contribution in [3.05, 3.63) is 65.7 Å². The third kappa shape index (κ3) is 4.09. The lowest BCUT2D eigenvalue weighted by atomic mass is 9.99. The monoisotopic (exact) mass is 353 g/mol. The van der Waals surface area contributed by atoms with Crippen molar-refractivity contribution in [1.82, 2.24) is 5.32 Å². The second-order valence-electron chi connectivity index (χ2n) is 6.15. The summed E-state index contributed by atoms with van der Waals surface area (Å²) in [4.78, 5) is 23.3. The first-order chi connectivity index (χ1) is 12.0. The van der Waals surface area contributed by atoms with Crippen molar-refractivity contribution >= 4 is 34.3 Å².